The number of thiazole rings is 1. The largest absolute Gasteiger partial charge is 0.338 e. The van der Waals surface area contributed by atoms with Crippen molar-refractivity contribution in [3.05, 3.63) is 23.2 Å². The van der Waals surface area contributed by atoms with E-state index in [1.165, 1.54) is 0 Å². The van der Waals surface area contributed by atoms with Crippen LogP contribution < -0.4 is 10.6 Å². The fourth-order valence-corrected chi connectivity index (χ4v) is 2.83. The van der Waals surface area contributed by atoms with Crippen LogP contribution in [0.25, 0.3) is 10.2 Å². The fourth-order valence-electron chi connectivity index (χ4n) is 1.82. The van der Waals surface area contributed by atoms with Crippen molar-refractivity contribution in [3.8, 4) is 0 Å². The van der Waals surface area contributed by atoms with E-state index >= 15 is 0 Å². The Balaban J connectivity index is 2.05. The number of carbonyl (C=O) groups is 1. The number of nitrogens with zero attached hydrogens (tertiary/aromatic N) is 1. The molecule has 5 heteroatoms. The van der Waals surface area contributed by atoms with Crippen molar-refractivity contribution in [2.75, 3.05) is 11.9 Å². The molecule has 2 N–H and O–H groups in total. The number of anilines is 1. The van der Waals surface area contributed by atoms with Gasteiger partial charge in [0.15, 0.2) is 0 Å². The zero-order valence-electron chi connectivity index (χ0n) is 12.2. The molecule has 2 aromatic rings. The van der Waals surface area contributed by atoms with Crippen LogP contribution in [0.4, 0.5) is 10.5 Å². The van der Waals surface area contributed by atoms with Gasteiger partial charge in [-0.2, -0.15) is 0 Å². The first-order valence-corrected chi connectivity index (χ1v) is 7.87. The molecule has 2 rings (SSSR count). The molecule has 4 nitrogen and oxygen atoms in total. The summed E-state index contributed by atoms with van der Waals surface area (Å²) >= 11 is 1.69. The van der Waals surface area contributed by atoms with Crippen LogP contribution in [0.3, 0.4) is 0 Å². The molecule has 0 fully saturated rings. The summed E-state index contributed by atoms with van der Waals surface area (Å²) in [5.41, 5.74) is 1.81. The molecule has 0 aliphatic rings. The summed E-state index contributed by atoms with van der Waals surface area (Å²) in [6.07, 6.45) is 2.07. The number of nitrogens with one attached hydrogen (secondary N) is 2. The Morgan fingerprint density at radius 3 is 2.90 bits per heavy atom. The van der Waals surface area contributed by atoms with Crippen molar-refractivity contribution < 1.29 is 4.79 Å². The molecule has 20 heavy (non-hydrogen) atoms. The van der Waals surface area contributed by atoms with Crippen molar-refractivity contribution in [2.45, 2.75) is 39.5 Å². The quantitative estimate of drug-likeness (QED) is 0.805. The van der Waals surface area contributed by atoms with E-state index in [4.69, 9.17) is 0 Å². The van der Waals surface area contributed by atoms with Gasteiger partial charge in [-0.1, -0.05) is 27.2 Å². The Morgan fingerprint density at radius 2 is 2.20 bits per heavy atom. The first-order chi connectivity index (χ1) is 9.60. The molecule has 0 aliphatic carbocycles. The summed E-state index contributed by atoms with van der Waals surface area (Å²) in [7, 11) is 0. The first kappa shape index (κ1) is 14.8. The lowest BCUT2D eigenvalue weighted by molar-refractivity contribution is 0.252. The molecule has 108 valence electrons. The van der Waals surface area contributed by atoms with Crippen LogP contribution in [0.1, 0.15) is 44.5 Å². The number of urea groups is 1. The SMILES string of the molecule is CCCCNC(=O)Nc1ccc2nc(C(C)C)sc2c1. The summed E-state index contributed by atoms with van der Waals surface area (Å²) < 4.78 is 1.11. The van der Waals surface area contributed by atoms with Gasteiger partial charge in [0.05, 0.1) is 15.2 Å². The predicted octanol–water partition coefficient (Wildman–Crippen LogP) is 4.34. The van der Waals surface area contributed by atoms with Crippen LogP contribution in [0.15, 0.2) is 18.2 Å². The van der Waals surface area contributed by atoms with Crippen molar-refractivity contribution in [2.24, 2.45) is 0 Å². The zero-order valence-corrected chi connectivity index (χ0v) is 13.0. The fraction of sp³-hybridized carbons (Fsp3) is 0.467. The maximum Gasteiger partial charge on any atom is 0.319 e. The van der Waals surface area contributed by atoms with E-state index in [1.807, 2.05) is 18.2 Å². The summed E-state index contributed by atoms with van der Waals surface area (Å²) in [6.45, 7) is 7.09. The molecule has 0 spiro atoms. The smallest absolute Gasteiger partial charge is 0.319 e. The Labute approximate surface area is 123 Å². The number of benzene rings is 1. The van der Waals surface area contributed by atoms with Crippen molar-refractivity contribution in [3.63, 3.8) is 0 Å². The number of unbranched alkanes of at least 4 members (excludes halogenated alkanes) is 1. The average molecular weight is 291 g/mol. The molecule has 0 aliphatic heterocycles. The molecule has 0 bridgehead atoms. The van der Waals surface area contributed by atoms with E-state index in [-0.39, 0.29) is 6.03 Å². The lowest BCUT2D eigenvalue weighted by Crippen LogP contribution is -2.29. The van der Waals surface area contributed by atoms with Gasteiger partial charge in [0, 0.05) is 18.2 Å². The maximum absolute atomic E-state index is 11.7. The van der Waals surface area contributed by atoms with Gasteiger partial charge in [-0.05, 0) is 24.6 Å². The molecule has 0 saturated carbocycles. The number of rotatable bonds is 5. The minimum absolute atomic E-state index is 0.147. The summed E-state index contributed by atoms with van der Waals surface area (Å²) in [4.78, 5) is 16.3. The highest BCUT2D eigenvalue weighted by atomic mass is 32.1. The molecule has 1 heterocycles. The Bertz CT molecular complexity index is 592. The highest BCUT2D eigenvalue weighted by Crippen LogP contribution is 2.29. The summed E-state index contributed by atoms with van der Waals surface area (Å²) in [6, 6.07) is 5.69. The van der Waals surface area contributed by atoms with Gasteiger partial charge in [-0.25, -0.2) is 9.78 Å². The van der Waals surface area contributed by atoms with Gasteiger partial charge in [0.2, 0.25) is 0 Å². The Kier molecular flexibility index (Phi) is 4.95. The Morgan fingerprint density at radius 1 is 1.40 bits per heavy atom. The van der Waals surface area contributed by atoms with Crippen LogP contribution in [-0.2, 0) is 0 Å². The highest BCUT2D eigenvalue weighted by Gasteiger charge is 2.08. The maximum atomic E-state index is 11.7. The van der Waals surface area contributed by atoms with Gasteiger partial charge in [0.25, 0.3) is 0 Å². The number of hydrogen-bond acceptors (Lipinski definition) is 3. The first-order valence-electron chi connectivity index (χ1n) is 7.05. The van der Waals surface area contributed by atoms with Gasteiger partial charge in [0.1, 0.15) is 0 Å². The van der Waals surface area contributed by atoms with E-state index < -0.39 is 0 Å². The minimum atomic E-state index is -0.147. The monoisotopic (exact) mass is 291 g/mol. The lowest BCUT2D eigenvalue weighted by Gasteiger charge is -2.06. The molecule has 1 aromatic carbocycles. The number of hydrogen-bond donors (Lipinski definition) is 2. The van der Waals surface area contributed by atoms with Crippen LogP contribution in [0, 0.1) is 0 Å². The van der Waals surface area contributed by atoms with Crippen molar-refractivity contribution in [1.29, 1.82) is 0 Å². The summed E-state index contributed by atoms with van der Waals surface area (Å²) in [5, 5.41) is 6.83. The molecule has 0 atom stereocenters. The van der Waals surface area contributed by atoms with E-state index in [0.717, 1.165) is 33.8 Å². The van der Waals surface area contributed by atoms with Gasteiger partial charge < -0.3 is 10.6 Å². The molecule has 0 unspecified atom stereocenters. The van der Waals surface area contributed by atoms with Crippen LogP contribution in [0.2, 0.25) is 0 Å². The summed E-state index contributed by atoms with van der Waals surface area (Å²) in [5.74, 6) is 0.432. The molecule has 0 radical (unpaired) electrons. The second kappa shape index (κ2) is 6.70. The average Bonchev–Trinajstić information content (AvgIpc) is 2.82. The minimum Gasteiger partial charge on any atom is -0.338 e. The number of fused-ring (bicyclic) bond motifs is 1. The molecule has 2 amide bonds. The van der Waals surface area contributed by atoms with Crippen molar-refractivity contribution >= 4 is 33.3 Å². The molecular weight excluding hydrogens is 270 g/mol. The molecular formula is C15H21N3OS. The van der Waals surface area contributed by atoms with Gasteiger partial charge in [-0.15, -0.1) is 11.3 Å². The van der Waals surface area contributed by atoms with Gasteiger partial charge in [-0.3, -0.25) is 0 Å². The Hall–Kier alpha value is -1.62. The lowest BCUT2D eigenvalue weighted by atomic mass is 10.2. The van der Waals surface area contributed by atoms with Crippen LogP contribution in [0.5, 0.6) is 0 Å². The third-order valence-corrected chi connectivity index (χ3v) is 4.29. The third-order valence-electron chi connectivity index (χ3n) is 2.97. The third kappa shape index (κ3) is 3.70. The number of carbonyl (C=O) groups excluding carboxylic acids is 1. The van der Waals surface area contributed by atoms with Crippen LogP contribution in [-0.4, -0.2) is 17.6 Å². The van der Waals surface area contributed by atoms with E-state index in [2.05, 4.69) is 36.4 Å². The van der Waals surface area contributed by atoms with E-state index in [0.29, 0.717) is 12.5 Å². The second-order valence-corrected chi connectivity index (χ2v) is 6.19. The highest BCUT2D eigenvalue weighted by molar-refractivity contribution is 7.18. The molecule has 0 saturated heterocycles. The topological polar surface area (TPSA) is 54.0 Å². The zero-order chi connectivity index (χ0) is 14.5. The van der Waals surface area contributed by atoms with Crippen LogP contribution >= 0.6 is 11.3 Å². The van der Waals surface area contributed by atoms with Crippen molar-refractivity contribution in [1.82, 2.24) is 10.3 Å². The van der Waals surface area contributed by atoms with E-state index in [9.17, 15) is 4.79 Å². The standard InChI is InChI=1S/C15H21N3OS/c1-4-5-8-16-15(19)17-11-6-7-12-13(9-11)20-14(18-12)10(2)3/h6-7,9-10H,4-5,8H2,1-3H3,(H2,16,17,19). The number of aromatic nitrogens is 1. The number of amides is 2. The molecule has 1 aromatic heterocycles. The van der Waals surface area contributed by atoms with Gasteiger partial charge >= 0.3 is 6.03 Å². The predicted molar refractivity (Wildman–Crippen MR) is 85.6 cm³/mol. The second-order valence-electron chi connectivity index (χ2n) is 5.12. The van der Waals surface area contributed by atoms with E-state index in [1.54, 1.807) is 11.3 Å². The normalized spacial score (nSPS) is 11.0.